The molecule has 0 bridgehead atoms. The molecule has 0 aliphatic heterocycles. The van der Waals surface area contributed by atoms with Gasteiger partial charge in [-0.3, -0.25) is 9.89 Å². The van der Waals surface area contributed by atoms with E-state index < -0.39 is 0 Å². The minimum Gasteiger partial charge on any atom is -0.319 e. The number of nitrogens with one attached hydrogen (secondary N) is 2. The van der Waals surface area contributed by atoms with Gasteiger partial charge in [0.2, 0.25) is 5.82 Å². The van der Waals surface area contributed by atoms with Gasteiger partial charge >= 0.3 is 0 Å². The summed E-state index contributed by atoms with van der Waals surface area (Å²) >= 11 is 0. The molecular weight excluding hydrogens is 216 g/mol. The molecule has 0 saturated heterocycles. The molecule has 0 atom stereocenters. The van der Waals surface area contributed by atoms with Gasteiger partial charge in [0.1, 0.15) is 5.82 Å². The van der Waals surface area contributed by atoms with Crippen LogP contribution in [0.4, 0.5) is 5.69 Å². The number of carbonyl (C=O) groups excluding carboxylic acids is 1. The third-order valence-corrected chi connectivity index (χ3v) is 2.39. The minimum absolute atomic E-state index is 0.157. The first kappa shape index (κ1) is 11.3. The summed E-state index contributed by atoms with van der Waals surface area (Å²) in [5.74, 6) is 0.476. The van der Waals surface area contributed by atoms with E-state index in [9.17, 15) is 4.79 Å². The lowest BCUT2D eigenvalue weighted by Gasteiger charge is -2.04. The van der Waals surface area contributed by atoms with E-state index in [4.69, 9.17) is 0 Å². The topological polar surface area (TPSA) is 70.7 Å². The average molecular weight is 230 g/mol. The normalized spacial score (nSPS) is 10.2. The number of aryl methyl sites for hydroxylation is 2. The van der Waals surface area contributed by atoms with Crippen LogP contribution >= 0.6 is 0 Å². The molecule has 0 unspecified atom stereocenters. The lowest BCUT2D eigenvalue weighted by Crippen LogP contribution is -2.13. The van der Waals surface area contributed by atoms with Gasteiger partial charge in [-0.25, -0.2) is 4.98 Å². The number of hydrogen-bond acceptors (Lipinski definition) is 3. The number of anilines is 1. The van der Waals surface area contributed by atoms with E-state index in [-0.39, 0.29) is 11.7 Å². The van der Waals surface area contributed by atoms with Crippen molar-refractivity contribution in [1.29, 1.82) is 0 Å². The minimum atomic E-state index is -0.303. The van der Waals surface area contributed by atoms with Gasteiger partial charge in [0.15, 0.2) is 0 Å². The number of rotatable bonds is 3. The summed E-state index contributed by atoms with van der Waals surface area (Å²) < 4.78 is 0. The second-order valence-electron chi connectivity index (χ2n) is 3.75. The molecule has 1 aromatic heterocycles. The Bertz CT molecular complexity index is 533. The Hall–Kier alpha value is -2.17. The fourth-order valence-corrected chi connectivity index (χ4v) is 1.50. The zero-order valence-electron chi connectivity index (χ0n) is 9.82. The standard InChI is InChI=1S/C12H14N4O/c1-3-9-5-4-6-10(7-9)14-12(17)11-13-8(2)15-16-11/h4-7H,3H2,1-2H3,(H,14,17)(H,13,15,16). The number of aromatic amines is 1. The van der Waals surface area contributed by atoms with Crippen molar-refractivity contribution < 1.29 is 4.79 Å². The number of carbonyl (C=O) groups is 1. The smallest absolute Gasteiger partial charge is 0.295 e. The molecule has 0 fully saturated rings. The maximum atomic E-state index is 11.8. The summed E-state index contributed by atoms with van der Waals surface area (Å²) in [7, 11) is 0. The Morgan fingerprint density at radius 1 is 1.47 bits per heavy atom. The fraction of sp³-hybridized carbons (Fsp3) is 0.250. The highest BCUT2D eigenvalue weighted by molar-refractivity contribution is 6.01. The monoisotopic (exact) mass is 230 g/mol. The van der Waals surface area contributed by atoms with E-state index in [0.29, 0.717) is 5.82 Å². The number of hydrogen-bond donors (Lipinski definition) is 2. The molecule has 1 heterocycles. The highest BCUT2D eigenvalue weighted by Crippen LogP contribution is 2.11. The predicted octanol–water partition coefficient (Wildman–Crippen LogP) is 1.93. The van der Waals surface area contributed by atoms with Gasteiger partial charge in [0.25, 0.3) is 5.91 Å². The van der Waals surface area contributed by atoms with Crippen LogP contribution in [0.1, 0.15) is 28.9 Å². The molecule has 1 amide bonds. The van der Waals surface area contributed by atoms with E-state index in [0.717, 1.165) is 12.1 Å². The molecule has 0 radical (unpaired) electrons. The largest absolute Gasteiger partial charge is 0.319 e. The van der Waals surface area contributed by atoms with E-state index in [1.807, 2.05) is 24.3 Å². The number of H-pyrrole nitrogens is 1. The van der Waals surface area contributed by atoms with Gasteiger partial charge in [0, 0.05) is 5.69 Å². The summed E-state index contributed by atoms with van der Waals surface area (Å²) in [5, 5.41) is 9.20. The number of amides is 1. The van der Waals surface area contributed by atoms with Crippen LogP contribution in [0.5, 0.6) is 0 Å². The molecule has 0 spiro atoms. The summed E-state index contributed by atoms with van der Waals surface area (Å²) in [6, 6.07) is 7.72. The van der Waals surface area contributed by atoms with Crippen LogP contribution in [-0.2, 0) is 6.42 Å². The second-order valence-corrected chi connectivity index (χ2v) is 3.75. The fourth-order valence-electron chi connectivity index (χ4n) is 1.50. The predicted molar refractivity (Wildman–Crippen MR) is 64.9 cm³/mol. The Kier molecular flexibility index (Phi) is 3.18. The molecule has 5 heteroatoms. The van der Waals surface area contributed by atoms with Crippen molar-refractivity contribution in [3.05, 3.63) is 41.5 Å². The molecule has 2 aromatic rings. The molecule has 0 saturated carbocycles. The van der Waals surface area contributed by atoms with Gasteiger partial charge in [-0.1, -0.05) is 19.1 Å². The lowest BCUT2D eigenvalue weighted by atomic mass is 10.1. The average Bonchev–Trinajstić information content (AvgIpc) is 2.76. The Morgan fingerprint density at radius 3 is 2.94 bits per heavy atom. The summed E-state index contributed by atoms with van der Waals surface area (Å²) in [4.78, 5) is 15.7. The maximum Gasteiger partial charge on any atom is 0.295 e. The van der Waals surface area contributed by atoms with Crippen LogP contribution in [0.25, 0.3) is 0 Å². The summed E-state index contributed by atoms with van der Waals surface area (Å²) in [6.07, 6.45) is 0.934. The van der Waals surface area contributed by atoms with Crippen molar-refractivity contribution >= 4 is 11.6 Å². The van der Waals surface area contributed by atoms with Gasteiger partial charge in [-0.15, -0.1) is 5.10 Å². The van der Waals surface area contributed by atoms with E-state index in [2.05, 4.69) is 27.4 Å². The molecule has 2 N–H and O–H groups in total. The first-order valence-electron chi connectivity index (χ1n) is 5.48. The molecule has 88 valence electrons. The van der Waals surface area contributed by atoms with Crippen LogP contribution in [0.2, 0.25) is 0 Å². The summed E-state index contributed by atoms with van der Waals surface area (Å²) in [5.41, 5.74) is 1.94. The van der Waals surface area contributed by atoms with Crippen molar-refractivity contribution in [2.45, 2.75) is 20.3 Å². The van der Waals surface area contributed by atoms with E-state index in [1.165, 1.54) is 5.56 Å². The SMILES string of the molecule is CCc1cccc(NC(=O)c2n[nH]c(C)n2)c1. The van der Waals surface area contributed by atoms with Crippen LogP contribution in [0.15, 0.2) is 24.3 Å². The van der Waals surface area contributed by atoms with Gasteiger partial charge < -0.3 is 5.32 Å². The van der Waals surface area contributed by atoms with Crippen LogP contribution < -0.4 is 5.32 Å². The third kappa shape index (κ3) is 2.69. The molecule has 5 nitrogen and oxygen atoms in total. The molecule has 17 heavy (non-hydrogen) atoms. The van der Waals surface area contributed by atoms with Crippen molar-refractivity contribution in [3.8, 4) is 0 Å². The van der Waals surface area contributed by atoms with Crippen molar-refractivity contribution in [3.63, 3.8) is 0 Å². The zero-order chi connectivity index (χ0) is 12.3. The van der Waals surface area contributed by atoms with Crippen LogP contribution in [0, 0.1) is 6.92 Å². The molecule has 0 aliphatic rings. The number of benzene rings is 1. The number of nitrogens with zero attached hydrogens (tertiary/aromatic N) is 2. The quantitative estimate of drug-likeness (QED) is 0.846. The number of aromatic nitrogens is 3. The lowest BCUT2D eigenvalue weighted by molar-refractivity contribution is 0.101. The van der Waals surface area contributed by atoms with E-state index in [1.54, 1.807) is 6.92 Å². The van der Waals surface area contributed by atoms with Gasteiger partial charge in [-0.2, -0.15) is 0 Å². The Labute approximate surface area is 99.3 Å². The first-order chi connectivity index (χ1) is 8.19. The molecule has 0 aliphatic carbocycles. The van der Waals surface area contributed by atoms with Gasteiger partial charge in [0.05, 0.1) is 0 Å². The van der Waals surface area contributed by atoms with Crippen LogP contribution in [0.3, 0.4) is 0 Å². The molecule has 1 aromatic carbocycles. The van der Waals surface area contributed by atoms with Crippen molar-refractivity contribution in [1.82, 2.24) is 15.2 Å². The molecule has 2 rings (SSSR count). The first-order valence-corrected chi connectivity index (χ1v) is 5.48. The highest BCUT2D eigenvalue weighted by atomic mass is 16.2. The summed E-state index contributed by atoms with van der Waals surface area (Å²) in [6.45, 7) is 3.82. The van der Waals surface area contributed by atoms with Gasteiger partial charge in [-0.05, 0) is 31.0 Å². The Morgan fingerprint density at radius 2 is 2.29 bits per heavy atom. The van der Waals surface area contributed by atoms with Crippen molar-refractivity contribution in [2.75, 3.05) is 5.32 Å². The van der Waals surface area contributed by atoms with E-state index >= 15 is 0 Å². The molecular formula is C12H14N4O. The second kappa shape index (κ2) is 4.78. The van der Waals surface area contributed by atoms with Crippen LogP contribution in [-0.4, -0.2) is 21.1 Å². The maximum absolute atomic E-state index is 11.8. The third-order valence-electron chi connectivity index (χ3n) is 2.39. The Balaban J connectivity index is 2.12. The zero-order valence-corrected chi connectivity index (χ0v) is 9.82. The highest BCUT2D eigenvalue weighted by Gasteiger charge is 2.11. The van der Waals surface area contributed by atoms with Crippen molar-refractivity contribution in [2.24, 2.45) is 0 Å².